The number of hydrogen-bond acceptors (Lipinski definition) is 3. The van der Waals surface area contributed by atoms with Gasteiger partial charge in [0.25, 0.3) is 0 Å². The molecule has 2 rings (SSSR count). The molecule has 0 heterocycles. The summed E-state index contributed by atoms with van der Waals surface area (Å²) in [5.41, 5.74) is 4.08. The fourth-order valence-corrected chi connectivity index (χ4v) is 4.19. The van der Waals surface area contributed by atoms with E-state index >= 15 is 0 Å². The number of rotatable bonds is 10. The fraction of sp³-hybridized carbons (Fsp3) is 0.409. The Hall–Kier alpha value is -2.34. The van der Waals surface area contributed by atoms with Crippen molar-refractivity contribution in [1.82, 2.24) is 5.32 Å². The number of carbonyl (C=O) groups excluding carboxylic acids is 1. The van der Waals surface area contributed by atoms with E-state index in [1.807, 2.05) is 31.2 Å². The number of nitrogens with zero attached hydrogens (tertiary/aromatic N) is 1. The minimum absolute atomic E-state index is 0.0394. The van der Waals surface area contributed by atoms with Gasteiger partial charge in [-0.2, -0.15) is 0 Å². The molecule has 0 aliphatic heterocycles. The number of anilines is 1. The summed E-state index contributed by atoms with van der Waals surface area (Å²) < 4.78 is 25.7. The maximum absolute atomic E-state index is 12.2. The average Bonchev–Trinajstić information content (AvgIpc) is 2.62. The minimum Gasteiger partial charge on any atom is -0.356 e. The van der Waals surface area contributed by atoms with Gasteiger partial charge in [-0.15, -0.1) is 0 Å². The molecule has 0 fully saturated rings. The van der Waals surface area contributed by atoms with Gasteiger partial charge >= 0.3 is 0 Å². The Morgan fingerprint density at radius 3 is 2.46 bits per heavy atom. The SMILES string of the molecule is Cc1cccc(CCCNC(=O)CCCN(c2ccccc2C)S(C)(=O)=O)c1. The van der Waals surface area contributed by atoms with E-state index in [1.165, 1.54) is 21.7 Å². The van der Waals surface area contributed by atoms with E-state index in [0.717, 1.165) is 18.4 Å². The van der Waals surface area contributed by atoms with Crippen LogP contribution in [-0.4, -0.2) is 33.7 Å². The molecule has 2 aromatic carbocycles. The van der Waals surface area contributed by atoms with E-state index in [-0.39, 0.29) is 5.91 Å². The summed E-state index contributed by atoms with van der Waals surface area (Å²) >= 11 is 0. The van der Waals surface area contributed by atoms with Crippen LogP contribution in [0.3, 0.4) is 0 Å². The summed E-state index contributed by atoms with van der Waals surface area (Å²) in [7, 11) is -3.39. The summed E-state index contributed by atoms with van der Waals surface area (Å²) in [6.07, 6.45) is 3.79. The predicted molar refractivity (Wildman–Crippen MR) is 115 cm³/mol. The molecule has 0 aromatic heterocycles. The first-order chi connectivity index (χ1) is 13.3. The molecule has 0 aliphatic rings. The van der Waals surface area contributed by atoms with Gasteiger partial charge in [-0.05, 0) is 50.3 Å². The van der Waals surface area contributed by atoms with Crippen molar-refractivity contribution in [2.75, 3.05) is 23.7 Å². The van der Waals surface area contributed by atoms with E-state index < -0.39 is 10.0 Å². The summed E-state index contributed by atoms with van der Waals surface area (Å²) in [6, 6.07) is 15.8. The maximum Gasteiger partial charge on any atom is 0.232 e. The molecule has 0 radical (unpaired) electrons. The summed E-state index contributed by atoms with van der Waals surface area (Å²) in [4.78, 5) is 12.1. The van der Waals surface area contributed by atoms with Gasteiger partial charge in [-0.25, -0.2) is 8.42 Å². The van der Waals surface area contributed by atoms with Gasteiger partial charge in [0.1, 0.15) is 0 Å². The maximum atomic E-state index is 12.2. The highest BCUT2D eigenvalue weighted by Crippen LogP contribution is 2.22. The lowest BCUT2D eigenvalue weighted by atomic mass is 10.1. The fourth-order valence-electron chi connectivity index (χ4n) is 3.17. The number of para-hydroxylation sites is 1. The number of carbonyl (C=O) groups is 1. The molecular weight excluding hydrogens is 372 g/mol. The van der Waals surface area contributed by atoms with Crippen molar-refractivity contribution in [1.29, 1.82) is 0 Å². The van der Waals surface area contributed by atoms with Gasteiger partial charge in [-0.3, -0.25) is 9.10 Å². The highest BCUT2D eigenvalue weighted by atomic mass is 32.2. The van der Waals surface area contributed by atoms with Crippen molar-refractivity contribution in [3.8, 4) is 0 Å². The van der Waals surface area contributed by atoms with Crippen LogP contribution in [0.5, 0.6) is 0 Å². The Balaban J connectivity index is 1.76. The molecule has 0 saturated heterocycles. The Morgan fingerprint density at radius 1 is 1.04 bits per heavy atom. The van der Waals surface area contributed by atoms with Gasteiger partial charge in [0.05, 0.1) is 11.9 Å². The normalized spacial score (nSPS) is 11.2. The molecule has 2 aromatic rings. The van der Waals surface area contributed by atoms with Gasteiger partial charge in [-0.1, -0.05) is 48.0 Å². The van der Waals surface area contributed by atoms with Crippen LogP contribution >= 0.6 is 0 Å². The van der Waals surface area contributed by atoms with Crippen LogP contribution in [-0.2, 0) is 21.2 Å². The molecule has 6 heteroatoms. The smallest absolute Gasteiger partial charge is 0.232 e. The lowest BCUT2D eigenvalue weighted by Crippen LogP contribution is -2.32. The number of sulfonamides is 1. The molecule has 1 amide bonds. The van der Waals surface area contributed by atoms with Crippen LogP contribution < -0.4 is 9.62 Å². The molecule has 0 atom stereocenters. The topological polar surface area (TPSA) is 66.5 Å². The first-order valence-electron chi connectivity index (χ1n) is 9.63. The van der Waals surface area contributed by atoms with Crippen molar-refractivity contribution in [2.45, 2.75) is 39.5 Å². The van der Waals surface area contributed by atoms with Crippen LogP contribution in [0.4, 0.5) is 5.69 Å². The van der Waals surface area contributed by atoms with Crippen molar-refractivity contribution in [2.24, 2.45) is 0 Å². The summed E-state index contributed by atoms with van der Waals surface area (Å²) in [5.74, 6) is -0.0394. The van der Waals surface area contributed by atoms with Crippen molar-refractivity contribution < 1.29 is 13.2 Å². The quantitative estimate of drug-likeness (QED) is 0.618. The lowest BCUT2D eigenvalue weighted by molar-refractivity contribution is -0.121. The van der Waals surface area contributed by atoms with E-state index in [4.69, 9.17) is 0 Å². The van der Waals surface area contributed by atoms with Crippen LogP contribution in [0.1, 0.15) is 36.0 Å². The monoisotopic (exact) mass is 402 g/mol. The van der Waals surface area contributed by atoms with E-state index in [1.54, 1.807) is 6.07 Å². The molecule has 28 heavy (non-hydrogen) atoms. The van der Waals surface area contributed by atoms with Crippen LogP contribution in [0.15, 0.2) is 48.5 Å². The molecular formula is C22H30N2O3S. The van der Waals surface area contributed by atoms with Gasteiger partial charge in [0.2, 0.25) is 15.9 Å². The zero-order valence-corrected chi connectivity index (χ0v) is 17.8. The number of aryl methyl sites for hydroxylation is 3. The van der Waals surface area contributed by atoms with Crippen molar-refractivity contribution in [3.63, 3.8) is 0 Å². The van der Waals surface area contributed by atoms with Gasteiger partial charge in [0.15, 0.2) is 0 Å². The number of amides is 1. The van der Waals surface area contributed by atoms with Crippen molar-refractivity contribution >= 4 is 21.6 Å². The molecule has 0 saturated carbocycles. The van der Waals surface area contributed by atoms with Gasteiger partial charge < -0.3 is 5.32 Å². The summed E-state index contributed by atoms with van der Waals surface area (Å²) in [6.45, 7) is 4.87. The molecule has 1 N–H and O–H groups in total. The zero-order chi connectivity index (χ0) is 20.6. The first kappa shape index (κ1) is 22.0. The Kier molecular flexibility index (Phi) is 8.05. The standard InChI is InChI=1S/C22H30N2O3S/c1-18-9-6-11-20(17-18)12-7-15-23-22(25)14-8-16-24(28(3,26)27)21-13-5-4-10-19(21)2/h4-6,9-11,13,17H,7-8,12,14-16H2,1-3H3,(H,23,25). The molecule has 5 nitrogen and oxygen atoms in total. The number of nitrogens with one attached hydrogen (secondary N) is 1. The number of hydrogen-bond donors (Lipinski definition) is 1. The van der Waals surface area contributed by atoms with Crippen LogP contribution in [0.2, 0.25) is 0 Å². The Bertz CT molecular complexity index is 894. The predicted octanol–water partition coefficient (Wildman–Crippen LogP) is 3.60. The second-order valence-electron chi connectivity index (χ2n) is 7.17. The Morgan fingerprint density at radius 2 is 1.79 bits per heavy atom. The van der Waals surface area contributed by atoms with Crippen molar-refractivity contribution in [3.05, 3.63) is 65.2 Å². The molecule has 152 valence electrons. The highest BCUT2D eigenvalue weighted by molar-refractivity contribution is 7.92. The molecule has 0 unspecified atom stereocenters. The van der Waals surface area contributed by atoms with E-state index in [9.17, 15) is 13.2 Å². The van der Waals surface area contributed by atoms with Gasteiger partial charge in [0, 0.05) is 19.5 Å². The second kappa shape index (κ2) is 10.3. The molecule has 0 spiro atoms. The van der Waals surface area contributed by atoms with Crippen LogP contribution in [0.25, 0.3) is 0 Å². The van der Waals surface area contributed by atoms with Crippen LogP contribution in [0, 0.1) is 13.8 Å². The van der Waals surface area contributed by atoms with E-state index in [0.29, 0.717) is 31.6 Å². The summed E-state index contributed by atoms with van der Waals surface area (Å²) in [5, 5.41) is 2.92. The number of benzene rings is 2. The molecule has 0 bridgehead atoms. The first-order valence-corrected chi connectivity index (χ1v) is 11.5. The molecule has 0 aliphatic carbocycles. The Labute approximate surface area is 168 Å². The third-order valence-corrected chi connectivity index (χ3v) is 5.78. The van der Waals surface area contributed by atoms with E-state index in [2.05, 4.69) is 30.4 Å². The highest BCUT2D eigenvalue weighted by Gasteiger charge is 2.18. The average molecular weight is 403 g/mol. The minimum atomic E-state index is -3.39. The largest absolute Gasteiger partial charge is 0.356 e. The lowest BCUT2D eigenvalue weighted by Gasteiger charge is -2.24. The third-order valence-electron chi connectivity index (χ3n) is 4.60. The second-order valence-corrected chi connectivity index (χ2v) is 9.07. The third kappa shape index (κ3) is 7.00. The zero-order valence-electron chi connectivity index (χ0n) is 16.9.